The Kier molecular flexibility index (Phi) is 6.86. The molecule has 1 aliphatic heterocycles. The van der Waals surface area contributed by atoms with Gasteiger partial charge in [0.25, 0.3) is 0 Å². The second-order valence-corrected chi connectivity index (χ2v) is 7.09. The summed E-state index contributed by atoms with van der Waals surface area (Å²) in [5.41, 5.74) is 1.98. The molecule has 0 spiro atoms. The highest BCUT2D eigenvalue weighted by Gasteiger charge is 2.38. The number of hydrogen-bond donors (Lipinski definition) is 3. The van der Waals surface area contributed by atoms with Gasteiger partial charge in [0.2, 0.25) is 5.91 Å². The van der Waals surface area contributed by atoms with Crippen molar-refractivity contribution < 1.29 is 34.1 Å². The summed E-state index contributed by atoms with van der Waals surface area (Å²) in [6, 6.07) is 13.4. The minimum Gasteiger partial charge on any atom is -0.480 e. The van der Waals surface area contributed by atoms with Gasteiger partial charge in [0.1, 0.15) is 18.7 Å². The maximum atomic E-state index is 12.8. The van der Waals surface area contributed by atoms with Gasteiger partial charge in [-0.2, -0.15) is 0 Å². The zero-order chi connectivity index (χ0) is 22.4. The van der Waals surface area contributed by atoms with Crippen molar-refractivity contribution in [1.82, 2.24) is 5.32 Å². The summed E-state index contributed by atoms with van der Waals surface area (Å²) < 4.78 is 5.02. The summed E-state index contributed by atoms with van der Waals surface area (Å²) >= 11 is 0. The number of ether oxygens (including phenoxy) is 1. The number of nitrogens with one attached hydrogen (secondary N) is 1. The normalized spacial score (nSPS) is 15.6. The molecule has 31 heavy (non-hydrogen) atoms. The van der Waals surface area contributed by atoms with Crippen LogP contribution in [0.15, 0.2) is 54.6 Å². The van der Waals surface area contributed by atoms with E-state index in [1.165, 1.54) is 4.90 Å². The highest BCUT2D eigenvalue weighted by atomic mass is 16.5. The largest absolute Gasteiger partial charge is 0.480 e. The number of anilines is 1. The van der Waals surface area contributed by atoms with Gasteiger partial charge in [-0.05, 0) is 23.6 Å². The molecule has 2 aromatic rings. The van der Waals surface area contributed by atoms with Crippen LogP contribution in [0.1, 0.15) is 24.0 Å². The average Bonchev–Trinajstić information content (AvgIpc) is 3.15. The van der Waals surface area contributed by atoms with Gasteiger partial charge in [0.15, 0.2) is 0 Å². The topological polar surface area (TPSA) is 133 Å². The number of alkyl carbamates (subject to hydrolysis) is 1. The first-order chi connectivity index (χ1) is 14.9. The molecule has 9 heteroatoms. The molecule has 3 rings (SSSR count). The van der Waals surface area contributed by atoms with Crippen LogP contribution in [0.5, 0.6) is 0 Å². The first-order valence-electron chi connectivity index (χ1n) is 9.69. The molecule has 0 saturated carbocycles. The molecule has 0 saturated heterocycles. The van der Waals surface area contributed by atoms with E-state index in [9.17, 15) is 29.4 Å². The Hall–Kier alpha value is -3.88. The van der Waals surface area contributed by atoms with Gasteiger partial charge in [-0.15, -0.1) is 0 Å². The molecule has 0 fully saturated rings. The van der Waals surface area contributed by atoms with Crippen molar-refractivity contribution >= 4 is 29.6 Å². The fourth-order valence-electron chi connectivity index (χ4n) is 3.44. The Labute approximate surface area is 178 Å². The number of aliphatic carboxylic acids is 2. The quantitative estimate of drug-likeness (QED) is 0.589. The molecular formula is C22H22N2O7. The van der Waals surface area contributed by atoms with Crippen molar-refractivity contribution in [3.05, 3.63) is 65.7 Å². The molecule has 3 N–H and O–H groups in total. The maximum absolute atomic E-state index is 12.8. The molecule has 9 nitrogen and oxygen atoms in total. The third kappa shape index (κ3) is 5.39. The number of carboxylic acid groups (broad SMARTS) is 2. The van der Waals surface area contributed by atoms with Crippen molar-refractivity contribution in [3.8, 4) is 0 Å². The smallest absolute Gasteiger partial charge is 0.408 e. The summed E-state index contributed by atoms with van der Waals surface area (Å²) in [5, 5.41) is 21.1. The van der Waals surface area contributed by atoms with Gasteiger partial charge in [-0.3, -0.25) is 9.69 Å². The molecule has 0 radical (unpaired) electrons. The van der Waals surface area contributed by atoms with Crippen molar-refractivity contribution in [2.45, 2.75) is 38.0 Å². The van der Waals surface area contributed by atoms with E-state index in [4.69, 9.17) is 4.74 Å². The number of amides is 2. The number of fused-ring (bicyclic) bond motifs is 1. The lowest BCUT2D eigenvalue weighted by atomic mass is 10.1. The van der Waals surface area contributed by atoms with Gasteiger partial charge < -0.3 is 20.3 Å². The van der Waals surface area contributed by atoms with E-state index >= 15 is 0 Å². The van der Waals surface area contributed by atoms with Crippen LogP contribution in [0.25, 0.3) is 0 Å². The summed E-state index contributed by atoms with van der Waals surface area (Å²) in [6.07, 6.45) is -1.20. The molecule has 162 valence electrons. The number of benzene rings is 2. The fourth-order valence-corrected chi connectivity index (χ4v) is 3.44. The summed E-state index contributed by atoms with van der Waals surface area (Å²) in [6.45, 7) is -0.0250. The Bertz CT molecular complexity index is 977. The zero-order valence-corrected chi connectivity index (χ0v) is 16.6. The van der Waals surface area contributed by atoms with Crippen LogP contribution in [-0.4, -0.2) is 46.2 Å². The summed E-state index contributed by atoms with van der Waals surface area (Å²) in [7, 11) is 0. The third-order valence-corrected chi connectivity index (χ3v) is 4.98. The van der Waals surface area contributed by atoms with Crippen molar-refractivity contribution in [2.24, 2.45) is 0 Å². The van der Waals surface area contributed by atoms with Crippen molar-refractivity contribution in [1.29, 1.82) is 0 Å². The molecule has 2 aromatic carbocycles. The number of carbonyl (C=O) groups is 4. The van der Waals surface area contributed by atoms with Crippen LogP contribution in [0.4, 0.5) is 10.5 Å². The summed E-state index contributed by atoms with van der Waals surface area (Å²) in [5.74, 6) is -2.98. The van der Waals surface area contributed by atoms with Crippen LogP contribution in [0.2, 0.25) is 0 Å². The first kappa shape index (κ1) is 21.8. The van der Waals surface area contributed by atoms with Gasteiger partial charge in [-0.1, -0.05) is 48.5 Å². The zero-order valence-electron chi connectivity index (χ0n) is 16.6. The van der Waals surface area contributed by atoms with Gasteiger partial charge >= 0.3 is 18.0 Å². The number of para-hydroxylation sites is 1. The summed E-state index contributed by atoms with van der Waals surface area (Å²) in [4.78, 5) is 49.1. The highest BCUT2D eigenvalue weighted by Crippen LogP contribution is 2.32. The van der Waals surface area contributed by atoms with Gasteiger partial charge in [0.05, 0.1) is 0 Å². The lowest BCUT2D eigenvalue weighted by Crippen LogP contribution is -2.45. The standard InChI is InChI=1S/C22H22N2O7/c25-19(24-17-9-5-4-8-15(17)12-18(24)21(28)29)11-10-16(20(26)27)23-22(30)31-13-14-6-2-1-3-7-14/h1-9,16,18H,10-13H2,(H,23,30)(H,26,27)(H,28,29)/t16?,18-/m1/s1. The minimum atomic E-state index is -1.35. The van der Waals surface area contributed by atoms with Crippen molar-refractivity contribution in [2.75, 3.05) is 4.90 Å². The van der Waals surface area contributed by atoms with E-state index in [2.05, 4.69) is 5.32 Å². The van der Waals surface area contributed by atoms with Crippen LogP contribution < -0.4 is 10.2 Å². The molecular weight excluding hydrogens is 404 g/mol. The molecule has 0 aliphatic carbocycles. The Balaban J connectivity index is 1.59. The predicted molar refractivity (Wildman–Crippen MR) is 109 cm³/mol. The van der Waals surface area contributed by atoms with Crippen molar-refractivity contribution in [3.63, 3.8) is 0 Å². The Morgan fingerprint density at radius 1 is 1.03 bits per heavy atom. The SMILES string of the molecule is O=C(NC(CCC(=O)N1c2ccccc2C[C@@H]1C(=O)O)C(=O)O)OCc1ccccc1. The average molecular weight is 426 g/mol. The number of hydrogen-bond acceptors (Lipinski definition) is 5. The second-order valence-electron chi connectivity index (χ2n) is 7.09. The lowest BCUT2D eigenvalue weighted by Gasteiger charge is -2.23. The van der Waals surface area contributed by atoms with E-state index < -0.39 is 36.0 Å². The lowest BCUT2D eigenvalue weighted by molar-refractivity contribution is -0.141. The second kappa shape index (κ2) is 9.75. The number of carboxylic acids is 2. The first-order valence-corrected chi connectivity index (χ1v) is 9.69. The molecule has 1 aliphatic rings. The minimum absolute atomic E-state index is 0.0250. The number of carbonyl (C=O) groups excluding carboxylic acids is 2. The van der Waals surface area contributed by atoms with E-state index in [0.717, 1.165) is 11.1 Å². The maximum Gasteiger partial charge on any atom is 0.408 e. The third-order valence-electron chi connectivity index (χ3n) is 4.98. The Morgan fingerprint density at radius 2 is 1.71 bits per heavy atom. The van der Waals surface area contributed by atoms with Crippen LogP contribution >= 0.6 is 0 Å². The monoisotopic (exact) mass is 426 g/mol. The molecule has 2 atom stereocenters. The molecule has 2 amide bonds. The van der Waals surface area contributed by atoms with E-state index in [-0.39, 0.29) is 25.9 Å². The highest BCUT2D eigenvalue weighted by molar-refractivity contribution is 6.02. The van der Waals surface area contributed by atoms with E-state index in [1.54, 1.807) is 48.5 Å². The van der Waals surface area contributed by atoms with E-state index in [0.29, 0.717) is 5.69 Å². The number of rotatable bonds is 8. The molecule has 0 aromatic heterocycles. The van der Waals surface area contributed by atoms with Crippen LogP contribution in [-0.2, 0) is 32.1 Å². The van der Waals surface area contributed by atoms with Gasteiger partial charge in [0, 0.05) is 18.5 Å². The predicted octanol–water partition coefficient (Wildman–Crippen LogP) is 2.19. The molecule has 0 bridgehead atoms. The number of nitrogens with zero attached hydrogens (tertiary/aromatic N) is 1. The molecule has 1 heterocycles. The fraction of sp³-hybridized carbons (Fsp3) is 0.273. The van der Waals surface area contributed by atoms with Crippen LogP contribution in [0, 0.1) is 0 Å². The van der Waals surface area contributed by atoms with E-state index in [1.807, 2.05) is 6.07 Å². The van der Waals surface area contributed by atoms with Gasteiger partial charge in [-0.25, -0.2) is 14.4 Å². The van der Waals surface area contributed by atoms with Crippen LogP contribution in [0.3, 0.4) is 0 Å². The molecule has 1 unspecified atom stereocenters. The Morgan fingerprint density at radius 3 is 2.39 bits per heavy atom.